The molecule has 0 spiro atoms. The van der Waals surface area contributed by atoms with Crippen LogP contribution in [0.2, 0.25) is 0 Å². The van der Waals surface area contributed by atoms with Gasteiger partial charge < -0.3 is 10.5 Å². The molecular weight excluding hydrogens is 347 g/mol. The number of pyridine rings is 2. The van der Waals surface area contributed by atoms with Crippen molar-refractivity contribution in [3.05, 3.63) is 48.2 Å². The third kappa shape index (κ3) is 3.67. The highest BCUT2D eigenvalue weighted by Crippen LogP contribution is 2.32. The van der Waals surface area contributed by atoms with Gasteiger partial charge in [-0.05, 0) is 54.8 Å². The molecule has 0 unspecified atom stereocenters. The van der Waals surface area contributed by atoms with Gasteiger partial charge in [-0.25, -0.2) is 14.2 Å². The van der Waals surface area contributed by atoms with E-state index < -0.39 is 6.09 Å². The van der Waals surface area contributed by atoms with Crippen LogP contribution >= 0.6 is 0 Å². The van der Waals surface area contributed by atoms with Crippen molar-refractivity contribution < 1.29 is 13.9 Å². The first-order valence-corrected chi connectivity index (χ1v) is 8.75. The molecule has 1 aliphatic carbocycles. The van der Waals surface area contributed by atoms with Crippen molar-refractivity contribution in [3.63, 3.8) is 0 Å². The fraction of sp³-hybridized carbons (Fsp3) is 0.250. The number of nitrogens with two attached hydrogens (primary N) is 1. The van der Waals surface area contributed by atoms with Gasteiger partial charge in [-0.3, -0.25) is 10.3 Å². The molecule has 1 fully saturated rings. The van der Waals surface area contributed by atoms with E-state index in [0.29, 0.717) is 40.5 Å². The maximum absolute atomic E-state index is 14.6. The molecule has 27 heavy (non-hydrogen) atoms. The number of nitrogens with one attached hydrogen (secondary N) is 1. The first-order chi connectivity index (χ1) is 13.0. The fourth-order valence-electron chi connectivity index (χ4n) is 2.87. The topological polar surface area (TPSA) is 90.1 Å². The maximum atomic E-state index is 14.6. The number of carbonyl (C=O) groups is 1. The zero-order chi connectivity index (χ0) is 19.0. The van der Waals surface area contributed by atoms with Gasteiger partial charge in [0, 0.05) is 28.9 Å². The van der Waals surface area contributed by atoms with Gasteiger partial charge in [0.15, 0.2) is 0 Å². The zero-order valence-corrected chi connectivity index (χ0v) is 14.8. The molecule has 4 rings (SSSR count). The Kier molecular flexibility index (Phi) is 4.35. The monoisotopic (exact) mass is 366 g/mol. The number of aromatic nitrogens is 2. The van der Waals surface area contributed by atoms with E-state index >= 15 is 0 Å². The number of ether oxygens (including phenoxy) is 1. The van der Waals surface area contributed by atoms with E-state index in [2.05, 4.69) is 15.3 Å². The van der Waals surface area contributed by atoms with E-state index in [1.165, 1.54) is 18.5 Å². The molecule has 0 aliphatic heterocycles. The Morgan fingerprint density at radius 3 is 2.81 bits per heavy atom. The predicted octanol–water partition coefficient (Wildman–Crippen LogP) is 4.29. The molecule has 2 aromatic heterocycles. The maximum Gasteiger partial charge on any atom is 0.412 e. The fourth-order valence-corrected chi connectivity index (χ4v) is 2.87. The summed E-state index contributed by atoms with van der Waals surface area (Å²) in [6.45, 7) is 2.25. The van der Waals surface area contributed by atoms with Gasteiger partial charge in [0.05, 0.1) is 18.5 Å². The van der Waals surface area contributed by atoms with E-state index in [1.54, 1.807) is 18.3 Å². The summed E-state index contributed by atoms with van der Waals surface area (Å²) in [7, 11) is 0. The Bertz CT molecular complexity index is 1030. The lowest BCUT2D eigenvalue weighted by molar-refractivity contribution is 0.156. The van der Waals surface area contributed by atoms with Crippen LogP contribution in [0.3, 0.4) is 0 Å². The first-order valence-electron chi connectivity index (χ1n) is 8.75. The second-order valence-electron chi connectivity index (χ2n) is 6.82. The minimum absolute atomic E-state index is 0.350. The highest BCUT2D eigenvalue weighted by molar-refractivity contribution is 5.92. The Labute approximate surface area is 155 Å². The first kappa shape index (κ1) is 17.2. The number of halogens is 1. The number of hydrogen-bond acceptors (Lipinski definition) is 5. The number of anilines is 2. The van der Waals surface area contributed by atoms with Crippen molar-refractivity contribution in [3.8, 4) is 11.1 Å². The van der Waals surface area contributed by atoms with Gasteiger partial charge in [-0.2, -0.15) is 0 Å². The third-order valence-corrected chi connectivity index (χ3v) is 4.73. The SMILES string of the molecule is Cc1c(N)cncc1-c1cc2cc(NC(=O)OCC3CC3)ncc2cc1F. The van der Waals surface area contributed by atoms with E-state index in [4.69, 9.17) is 10.5 Å². The molecular formula is C20H19FN4O2. The van der Waals surface area contributed by atoms with Crippen molar-refractivity contribution in [1.29, 1.82) is 0 Å². The Hall–Kier alpha value is -3.22. The summed E-state index contributed by atoms with van der Waals surface area (Å²) in [4.78, 5) is 20.1. The minimum Gasteiger partial charge on any atom is -0.449 e. The van der Waals surface area contributed by atoms with Crippen molar-refractivity contribution in [2.24, 2.45) is 5.92 Å². The predicted molar refractivity (Wildman–Crippen MR) is 102 cm³/mol. The Balaban J connectivity index is 1.65. The number of nitrogen functional groups attached to an aromatic ring is 1. The normalized spacial score (nSPS) is 13.6. The van der Waals surface area contributed by atoms with Crippen LogP contribution in [-0.2, 0) is 4.74 Å². The highest BCUT2D eigenvalue weighted by atomic mass is 19.1. The smallest absolute Gasteiger partial charge is 0.412 e. The zero-order valence-electron chi connectivity index (χ0n) is 14.8. The number of amides is 1. The lowest BCUT2D eigenvalue weighted by Crippen LogP contribution is -2.15. The van der Waals surface area contributed by atoms with Crippen LogP contribution in [0.25, 0.3) is 21.9 Å². The van der Waals surface area contributed by atoms with Crippen molar-refractivity contribution >= 4 is 28.4 Å². The molecule has 2 heterocycles. The third-order valence-electron chi connectivity index (χ3n) is 4.73. The van der Waals surface area contributed by atoms with Gasteiger partial charge in [0.25, 0.3) is 0 Å². The molecule has 1 aliphatic rings. The molecule has 3 aromatic rings. The summed E-state index contributed by atoms with van der Waals surface area (Å²) in [5.41, 5.74) is 8.19. The van der Waals surface area contributed by atoms with Gasteiger partial charge >= 0.3 is 6.09 Å². The summed E-state index contributed by atoms with van der Waals surface area (Å²) >= 11 is 0. The summed E-state index contributed by atoms with van der Waals surface area (Å²) in [6, 6.07) is 4.80. The standard InChI is InChI=1S/C20H19FN4O2/c1-11-16(8-23-9-18(11)22)15-4-13-6-19(24-7-14(13)5-17(15)21)25-20(26)27-10-12-2-3-12/h4-9,12H,2-3,10,22H2,1H3,(H,24,25,26). The summed E-state index contributed by atoms with van der Waals surface area (Å²) in [5, 5.41) is 3.98. The second-order valence-corrected chi connectivity index (χ2v) is 6.82. The van der Waals surface area contributed by atoms with Crippen LogP contribution in [0, 0.1) is 18.7 Å². The summed E-state index contributed by atoms with van der Waals surface area (Å²) in [6.07, 6.45) is 6.32. The molecule has 0 bridgehead atoms. The number of carbonyl (C=O) groups excluding carboxylic acids is 1. The number of rotatable bonds is 4. The average Bonchev–Trinajstić information content (AvgIpc) is 3.47. The van der Waals surface area contributed by atoms with E-state index in [1.807, 2.05) is 6.92 Å². The molecule has 0 atom stereocenters. The van der Waals surface area contributed by atoms with E-state index in [-0.39, 0.29) is 5.82 Å². The van der Waals surface area contributed by atoms with Crippen LogP contribution < -0.4 is 11.1 Å². The number of fused-ring (bicyclic) bond motifs is 1. The Morgan fingerprint density at radius 2 is 2.04 bits per heavy atom. The van der Waals surface area contributed by atoms with Gasteiger partial charge in [0.2, 0.25) is 0 Å². The Morgan fingerprint density at radius 1 is 1.22 bits per heavy atom. The van der Waals surface area contributed by atoms with Crippen molar-refractivity contribution in [2.75, 3.05) is 17.7 Å². The molecule has 0 radical (unpaired) electrons. The minimum atomic E-state index is -0.535. The van der Waals surface area contributed by atoms with Gasteiger partial charge in [-0.1, -0.05) is 0 Å². The molecule has 1 aromatic carbocycles. The van der Waals surface area contributed by atoms with E-state index in [0.717, 1.165) is 23.8 Å². The van der Waals surface area contributed by atoms with Gasteiger partial charge in [-0.15, -0.1) is 0 Å². The largest absolute Gasteiger partial charge is 0.449 e. The molecule has 1 saturated carbocycles. The van der Waals surface area contributed by atoms with Crippen LogP contribution in [0.4, 0.5) is 20.7 Å². The molecule has 138 valence electrons. The van der Waals surface area contributed by atoms with Crippen LogP contribution in [0.15, 0.2) is 36.8 Å². The number of benzene rings is 1. The average molecular weight is 366 g/mol. The summed E-state index contributed by atoms with van der Waals surface area (Å²) in [5.74, 6) is 0.452. The lowest BCUT2D eigenvalue weighted by atomic mass is 9.99. The van der Waals surface area contributed by atoms with Crippen molar-refractivity contribution in [1.82, 2.24) is 9.97 Å². The highest BCUT2D eigenvalue weighted by Gasteiger charge is 2.23. The van der Waals surface area contributed by atoms with E-state index in [9.17, 15) is 9.18 Å². The van der Waals surface area contributed by atoms with Crippen LogP contribution in [0.1, 0.15) is 18.4 Å². The molecule has 0 saturated heterocycles. The second kappa shape index (κ2) is 6.83. The molecule has 3 N–H and O–H groups in total. The number of nitrogens with zero attached hydrogens (tertiary/aromatic N) is 2. The molecule has 1 amide bonds. The lowest BCUT2D eigenvalue weighted by Gasteiger charge is -2.11. The number of hydrogen-bond donors (Lipinski definition) is 2. The van der Waals surface area contributed by atoms with Crippen LogP contribution in [0.5, 0.6) is 0 Å². The molecule has 7 heteroatoms. The van der Waals surface area contributed by atoms with Crippen LogP contribution in [-0.4, -0.2) is 22.7 Å². The summed E-state index contributed by atoms with van der Waals surface area (Å²) < 4.78 is 19.8. The van der Waals surface area contributed by atoms with Crippen molar-refractivity contribution in [2.45, 2.75) is 19.8 Å². The molecule has 6 nitrogen and oxygen atoms in total. The van der Waals surface area contributed by atoms with Gasteiger partial charge in [0.1, 0.15) is 11.6 Å². The quantitative estimate of drug-likeness (QED) is 0.719.